The molecule has 0 saturated carbocycles. The van der Waals surface area contributed by atoms with Crippen LogP contribution in [-0.4, -0.2) is 19.1 Å². The van der Waals surface area contributed by atoms with Crippen molar-refractivity contribution >= 4 is 5.97 Å². The Labute approximate surface area is 71.8 Å². The largest absolute Gasteiger partial charge is 0.469 e. The van der Waals surface area contributed by atoms with Crippen LogP contribution in [0, 0.1) is 5.92 Å². The maximum absolute atomic E-state index is 11.2. The molecule has 2 unspecified atom stereocenters. The van der Waals surface area contributed by atoms with Gasteiger partial charge >= 0.3 is 5.97 Å². The number of hydrogen-bond acceptors (Lipinski definition) is 3. The minimum absolute atomic E-state index is 0.0608. The molecule has 1 N–H and O–H groups in total. The van der Waals surface area contributed by atoms with E-state index in [0.29, 0.717) is 6.04 Å². The molecule has 0 radical (unpaired) electrons. The number of hydrogen-bond donors (Lipinski definition) is 1. The third-order valence-electron chi connectivity index (χ3n) is 2.61. The fourth-order valence-electron chi connectivity index (χ4n) is 2.00. The average molecular weight is 167 g/mol. The normalized spacial score (nSPS) is 32.2. The molecule has 0 aliphatic carbocycles. The fraction of sp³-hybridized carbons (Fsp3) is 0.667. The number of carbonyl (C=O) groups excluding carboxylic acids is 1. The summed E-state index contributed by atoms with van der Waals surface area (Å²) in [6.07, 6.45) is 5.02. The van der Waals surface area contributed by atoms with Crippen LogP contribution < -0.4 is 5.32 Å². The monoisotopic (exact) mass is 167 g/mol. The molecular formula is C9H13NO2. The van der Waals surface area contributed by atoms with Crippen molar-refractivity contribution in [2.45, 2.75) is 25.3 Å². The van der Waals surface area contributed by atoms with Gasteiger partial charge < -0.3 is 10.1 Å². The van der Waals surface area contributed by atoms with Crippen LogP contribution in [0.4, 0.5) is 0 Å². The Kier molecular flexibility index (Phi) is 1.79. The van der Waals surface area contributed by atoms with Crippen molar-refractivity contribution in [1.82, 2.24) is 5.32 Å². The summed E-state index contributed by atoms with van der Waals surface area (Å²) in [6.45, 7) is 0. The molecule has 2 atom stereocenters. The molecular weight excluding hydrogens is 154 g/mol. The zero-order chi connectivity index (χ0) is 8.55. The van der Waals surface area contributed by atoms with E-state index in [2.05, 4.69) is 11.4 Å². The number of fused-ring (bicyclic) bond motifs is 2. The summed E-state index contributed by atoms with van der Waals surface area (Å²) in [5.74, 6) is 0.0318. The Morgan fingerprint density at radius 3 is 3.25 bits per heavy atom. The second kappa shape index (κ2) is 2.81. The van der Waals surface area contributed by atoms with E-state index >= 15 is 0 Å². The van der Waals surface area contributed by atoms with Gasteiger partial charge in [-0.25, -0.2) is 0 Å². The van der Waals surface area contributed by atoms with Crippen LogP contribution in [0.1, 0.15) is 19.3 Å². The van der Waals surface area contributed by atoms with Crippen LogP contribution in [0.2, 0.25) is 0 Å². The van der Waals surface area contributed by atoms with Gasteiger partial charge in [0.1, 0.15) is 0 Å². The predicted molar refractivity (Wildman–Crippen MR) is 44.4 cm³/mol. The highest BCUT2D eigenvalue weighted by molar-refractivity contribution is 5.73. The van der Waals surface area contributed by atoms with E-state index < -0.39 is 0 Å². The summed E-state index contributed by atoms with van der Waals surface area (Å²) in [5, 5.41) is 3.35. The number of esters is 1. The van der Waals surface area contributed by atoms with Crippen molar-refractivity contribution in [3.63, 3.8) is 0 Å². The molecule has 0 aromatic rings. The highest BCUT2D eigenvalue weighted by atomic mass is 16.5. The van der Waals surface area contributed by atoms with Crippen LogP contribution in [0.25, 0.3) is 0 Å². The zero-order valence-corrected chi connectivity index (χ0v) is 7.17. The molecule has 12 heavy (non-hydrogen) atoms. The summed E-state index contributed by atoms with van der Waals surface area (Å²) in [6, 6.07) is 0.484. The fourth-order valence-corrected chi connectivity index (χ4v) is 2.00. The highest BCUT2D eigenvalue weighted by Crippen LogP contribution is 2.30. The molecule has 3 nitrogen and oxygen atoms in total. The lowest BCUT2D eigenvalue weighted by molar-refractivity contribution is -0.146. The Hall–Kier alpha value is -0.990. The van der Waals surface area contributed by atoms with E-state index in [1.807, 2.05) is 0 Å². The van der Waals surface area contributed by atoms with Gasteiger partial charge in [-0.15, -0.1) is 0 Å². The first-order valence-corrected chi connectivity index (χ1v) is 4.33. The molecule has 1 saturated heterocycles. The smallest absolute Gasteiger partial charge is 0.309 e. The van der Waals surface area contributed by atoms with E-state index in [4.69, 9.17) is 4.74 Å². The van der Waals surface area contributed by atoms with Crippen molar-refractivity contribution in [3.8, 4) is 0 Å². The molecule has 66 valence electrons. The van der Waals surface area contributed by atoms with Gasteiger partial charge in [-0.05, 0) is 12.8 Å². The standard InChI is InChI=1S/C9H13NO2/c1-12-9(11)6-4-7-2-3-8(5-6)10-7/h2,6,8,10H,3-5H2,1H3. The molecule has 0 amide bonds. The van der Waals surface area contributed by atoms with Crippen molar-refractivity contribution in [1.29, 1.82) is 0 Å². The second-order valence-corrected chi connectivity index (χ2v) is 3.47. The Balaban J connectivity index is 2.03. The summed E-state index contributed by atoms with van der Waals surface area (Å²) >= 11 is 0. The molecule has 2 aliphatic rings. The molecule has 2 heterocycles. The quantitative estimate of drug-likeness (QED) is 0.587. The average Bonchev–Trinajstić information content (AvgIpc) is 2.44. The van der Waals surface area contributed by atoms with Crippen molar-refractivity contribution < 1.29 is 9.53 Å². The SMILES string of the molecule is COC(=O)C1CC2=CCC(C1)N2. The van der Waals surface area contributed by atoms with Crippen LogP contribution in [0.5, 0.6) is 0 Å². The summed E-state index contributed by atoms with van der Waals surface area (Å²) < 4.78 is 4.72. The Morgan fingerprint density at radius 1 is 1.75 bits per heavy atom. The van der Waals surface area contributed by atoms with Crippen LogP contribution in [0.15, 0.2) is 11.8 Å². The Morgan fingerprint density at radius 2 is 2.58 bits per heavy atom. The minimum atomic E-state index is -0.0608. The third-order valence-corrected chi connectivity index (χ3v) is 2.61. The predicted octanol–water partition coefficient (Wildman–Crippen LogP) is 0.815. The number of nitrogens with one attached hydrogen (secondary N) is 1. The number of rotatable bonds is 1. The maximum atomic E-state index is 11.2. The molecule has 3 heteroatoms. The summed E-state index contributed by atoms with van der Waals surface area (Å²) in [4.78, 5) is 11.2. The van der Waals surface area contributed by atoms with E-state index in [1.54, 1.807) is 0 Å². The lowest BCUT2D eigenvalue weighted by Gasteiger charge is -2.25. The van der Waals surface area contributed by atoms with Gasteiger partial charge in [-0.1, -0.05) is 6.08 Å². The van der Waals surface area contributed by atoms with E-state index in [-0.39, 0.29) is 11.9 Å². The van der Waals surface area contributed by atoms with Gasteiger partial charge in [0.15, 0.2) is 0 Å². The molecule has 2 bridgehead atoms. The van der Waals surface area contributed by atoms with E-state index in [0.717, 1.165) is 19.3 Å². The summed E-state index contributed by atoms with van der Waals surface area (Å²) in [5.41, 5.74) is 1.22. The molecule has 0 aromatic heterocycles. The van der Waals surface area contributed by atoms with Gasteiger partial charge in [0.2, 0.25) is 0 Å². The highest BCUT2D eigenvalue weighted by Gasteiger charge is 2.32. The lowest BCUT2D eigenvalue weighted by atomic mass is 9.93. The first kappa shape index (κ1) is 7.65. The van der Waals surface area contributed by atoms with Crippen LogP contribution in [0.3, 0.4) is 0 Å². The van der Waals surface area contributed by atoms with Crippen LogP contribution in [-0.2, 0) is 9.53 Å². The molecule has 0 spiro atoms. The number of allylic oxidation sites excluding steroid dienone is 1. The third kappa shape index (κ3) is 1.19. The molecule has 2 aliphatic heterocycles. The van der Waals surface area contributed by atoms with E-state index in [9.17, 15) is 4.79 Å². The number of ether oxygens (including phenoxy) is 1. The van der Waals surface area contributed by atoms with Crippen molar-refractivity contribution in [3.05, 3.63) is 11.8 Å². The van der Waals surface area contributed by atoms with Crippen molar-refractivity contribution in [2.24, 2.45) is 5.92 Å². The topological polar surface area (TPSA) is 38.3 Å². The first-order chi connectivity index (χ1) is 5.79. The van der Waals surface area contributed by atoms with Crippen LogP contribution >= 0.6 is 0 Å². The second-order valence-electron chi connectivity index (χ2n) is 3.47. The maximum Gasteiger partial charge on any atom is 0.309 e. The lowest BCUT2D eigenvalue weighted by Crippen LogP contribution is -2.35. The first-order valence-electron chi connectivity index (χ1n) is 4.33. The Bertz CT molecular complexity index is 235. The van der Waals surface area contributed by atoms with Gasteiger partial charge in [-0.2, -0.15) is 0 Å². The van der Waals surface area contributed by atoms with Crippen molar-refractivity contribution in [2.75, 3.05) is 7.11 Å². The van der Waals surface area contributed by atoms with Gasteiger partial charge in [0.05, 0.1) is 13.0 Å². The van der Waals surface area contributed by atoms with Gasteiger partial charge in [0.25, 0.3) is 0 Å². The number of piperidine rings is 1. The number of methoxy groups -OCH3 is 1. The number of carbonyl (C=O) groups is 1. The molecule has 1 fully saturated rings. The van der Waals surface area contributed by atoms with E-state index in [1.165, 1.54) is 12.8 Å². The molecule has 2 rings (SSSR count). The summed E-state index contributed by atoms with van der Waals surface area (Å²) in [7, 11) is 1.46. The molecule has 0 aromatic carbocycles. The van der Waals surface area contributed by atoms with Gasteiger partial charge in [0, 0.05) is 18.2 Å². The minimum Gasteiger partial charge on any atom is -0.469 e. The zero-order valence-electron chi connectivity index (χ0n) is 7.17. The van der Waals surface area contributed by atoms with Gasteiger partial charge in [-0.3, -0.25) is 4.79 Å².